The molecule has 0 spiro atoms. The Morgan fingerprint density at radius 2 is 1.25 bits per heavy atom. The van der Waals surface area contributed by atoms with Crippen LogP contribution in [0.5, 0.6) is 0 Å². The Kier molecular flexibility index (Phi) is 12.8. The molecular weight excluding hydrogens is 376 g/mol. The van der Waals surface area contributed by atoms with Crippen molar-refractivity contribution in [2.45, 2.75) is 65.7 Å². The Morgan fingerprint density at radius 1 is 0.821 bits per heavy atom. The average Bonchev–Trinajstić information content (AvgIpc) is 2.53. The molecule has 2 heterocycles. The second-order valence-corrected chi connectivity index (χ2v) is 8.67. The van der Waals surface area contributed by atoms with Gasteiger partial charge in [0.05, 0.1) is 0 Å². The highest BCUT2D eigenvalue weighted by molar-refractivity contribution is 6.29. The van der Waals surface area contributed by atoms with E-state index in [2.05, 4.69) is 62.1 Å². The van der Waals surface area contributed by atoms with Gasteiger partial charge in [-0.3, -0.25) is 0 Å². The number of nitrogens with one attached hydrogen (secondary N) is 2. The minimum absolute atomic E-state index is 0. The van der Waals surface area contributed by atoms with Gasteiger partial charge in [0.1, 0.15) is 11.0 Å². The summed E-state index contributed by atoms with van der Waals surface area (Å²) in [5.41, 5.74) is 8.06. The third-order valence-corrected chi connectivity index (χ3v) is 3.51. The number of anilines is 1. The van der Waals surface area contributed by atoms with Gasteiger partial charge in [-0.15, -0.1) is 0 Å². The van der Waals surface area contributed by atoms with Gasteiger partial charge >= 0.3 is 0 Å². The normalized spacial score (nSPS) is 10.8. The van der Waals surface area contributed by atoms with Crippen LogP contribution in [0.15, 0.2) is 36.7 Å². The number of nitrogens with two attached hydrogens (primary N) is 1. The van der Waals surface area contributed by atoms with Crippen LogP contribution in [0.1, 0.15) is 52.7 Å². The maximum atomic E-state index is 5.67. The highest BCUT2D eigenvalue weighted by Gasteiger charge is 2.08. The maximum absolute atomic E-state index is 5.67. The first kappa shape index (κ1) is 28.4. The van der Waals surface area contributed by atoms with Gasteiger partial charge in [-0.2, -0.15) is 0 Å². The van der Waals surface area contributed by atoms with Gasteiger partial charge in [0, 0.05) is 36.6 Å². The van der Waals surface area contributed by atoms with E-state index in [-0.39, 0.29) is 22.7 Å². The first-order valence-electron chi connectivity index (χ1n) is 8.75. The van der Waals surface area contributed by atoms with Crippen molar-refractivity contribution in [1.82, 2.24) is 26.8 Å². The van der Waals surface area contributed by atoms with Crippen molar-refractivity contribution in [3.05, 3.63) is 52.9 Å². The molecule has 2 aromatic rings. The molecule has 7 nitrogen and oxygen atoms in total. The van der Waals surface area contributed by atoms with Crippen LogP contribution in [0.4, 0.5) is 5.82 Å². The second kappa shape index (κ2) is 12.6. The third kappa shape index (κ3) is 14.3. The molecule has 0 fully saturated rings. The van der Waals surface area contributed by atoms with Crippen LogP contribution >= 0.6 is 11.6 Å². The van der Waals surface area contributed by atoms with Crippen LogP contribution in [0.3, 0.4) is 0 Å². The zero-order valence-electron chi connectivity index (χ0n) is 17.9. The van der Waals surface area contributed by atoms with Crippen LogP contribution in [0.25, 0.3) is 0 Å². The van der Waals surface area contributed by atoms with Crippen molar-refractivity contribution in [2.24, 2.45) is 0 Å². The van der Waals surface area contributed by atoms with E-state index in [9.17, 15) is 0 Å². The van der Waals surface area contributed by atoms with Gasteiger partial charge in [0.2, 0.25) is 0 Å². The van der Waals surface area contributed by atoms with Crippen LogP contribution in [0, 0.1) is 0 Å². The highest BCUT2D eigenvalue weighted by atomic mass is 35.5. The lowest BCUT2D eigenvalue weighted by molar-refractivity contribution is 0.423. The van der Waals surface area contributed by atoms with E-state index in [1.165, 1.54) is 0 Å². The lowest BCUT2D eigenvalue weighted by Gasteiger charge is -2.20. The van der Waals surface area contributed by atoms with Crippen LogP contribution in [-0.2, 0) is 13.1 Å². The number of aromatic nitrogens is 2. The van der Waals surface area contributed by atoms with Crippen LogP contribution in [-0.4, -0.2) is 26.5 Å². The molecule has 0 aliphatic carbocycles. The molecule has 0 atom stereocenters. The number of hydrogen-bond donors (Lipinski definition) is 4. The molecule has 2 aromatic heterocycles. The maximum Gasteiger partial charge on any atom is 0.129 e. The Balaban J connectivity index is 0. The summed E-state index contributed by atoms with van der Waals surface area (Å²) in [6.07, 6.45) is 3.59. The molecule has 0 aliphatic rings. The van der Waals surface area contributed by atoms with Gasteiger partial charge in [0.25, 0.3) is 0 Å². The number of pyridine rings is 2. The van der Waals surface area contributed by atoms with Crippen LogP contribution in [0.2, 0.25) is 5.15 Å². The molecule has 0 saturated heterocycles. The number of nitrogens with zero attached hydrogens (tertiary/aromatic N) is 2. The topological polar surface area (TPSA) is 142 Å². The Hall–Kier alpha value is -1.77. The predicted octanol–water partition coefficient (Wildman–Crippen LogP) is 3.51. The monoisotopic (exact) mass is 412 g/mol. The molecule has 160 valence electrons. The summed E-state index contributed by atoms with van der Waals surface area (Å²) >= 11 is 5.67. The van der Waals surface area contributed by atoms with Gasteiger partial charge in [-0.25, -0.2) is 9.97 Å². The van der Waals surface area contributed by atoms with Crippen molar-refractivity contribution in [3.63, 3.8) is 0 Å². The molecule has 0 aromatic carbocycles. The fourth-order valence-corrected chi connectivity index (χ4v) is 1.90. The zero-order chi connectivity index (χ0) is 19.8. The molecular formula is C20H37ClN6O. The smallest absolute Gasteiger partial charge is 0.129 e. The molecule has 8 heteroatoms. The molecule has 0 aliphatic heterocycles. The number of halogens is 1. The average molecular weight is 413 g/mol. The van der Waals surface area contributed by atoms with Gasteiger partial charge < -0.3 is 28.0 Å². The predicted molar refractivity (Wildman–Crippen MR) is 120 cm³/mol. The lowest BCUT2D eigenvalue weighted by atomic mass is 10.1. The summed E-state index contributed by atoms with van der Waals surface area (Å²) in [7, 11) is 0. The van der Waals surface area contributed by atoms with Gasteiger partial charge in [0.15, 0.2) is 0 Å². The summed E-state index contributed by atoms with van der Waals surface area (Å²) in [5, 5.41) is 7.29. The standard InChI is InChI=1S/C10H15ClN2.C10H17N3.H3N.H2O/c2*1-10(2,3)13-7-8-4-5-9(11)12-6-8;;/h4-6,13H,7H2,1-3H3;4-6,13H,7H2,1-3H3,(H2,11,12);1H3;1H2. The summed E-state index contributed by atoms with van der Waals surface area (Å²) in [5.74, 6) is 0.569. The molecule has 9 N–H and O–H groups in total. The van der Waals surface area contributed by atoms with Crippen LogP contribution < -0.4 is 22.5 Å². The number of rotatable bonds is 4. The summed E-state index contributed by atoms with van der Waals surface area (Å²) in [6.45, 7) is 14.5. The molecule has 0 radical (unpaired) electrons. The first-order chi connectivity index (χ1) is 11.9. The SMILES string of the molecule is CC(C)(C)NCc1ccc(Cl)nc1.CC(C)(C)NCc1ccc(N)nc1.N.O. The van der Waals surface area contributed by atoms with Crippen molar-refractivity contribution < 1.29 is 5.48 Å². The molecule has 2 rings (SSSR count). The van der Waals surface area contributed by atoms with Crippen molar-refractivity contribution in [1.29, 1.82) is 0 Å². The van der Waals surface area contributed by atoms with Gasteiger partial charge in [-0.1, -0.05) is 23.7 Å². The van der Waals surface area contributed by atoms with Crippen molar-refractivity contribution in [2.75, 3.05) is 5.73 Å². The van der Waals surface area contributed by atoms with E-state index in [0.29, 0.717) is 11.0 Å². The summed E-state index contributed by atoms with van der Waals surface area (Å²) < 4.78 is 0. The summed E-state index contributed by atoms with van der Waals surface area (Å²) in [6, 6.07) is 7.59. The Bertz CT molecular complexity index is 589. The van der Waals surface area contributed by atoms with E-state index in [1.807, 2.05) is 18.2 Å². The minimum Gasteiger partial charge on any atom is -0.412 e. The van der Waals surface area contributed by atoms with Crippen molar-refractivity contribution in [3.8, 4) is 0 Å². The minimum atomic E-state index is 0. The quantitative estimate of drug-likeness (QED) is 0.565. The fraction of sp³-hybridized carbons (Fsp3) is 0.500. The first-order valence-corrected chi connectivity index (χ1v) is 9.13. The number of nitrogen functional groups attached to an aromatic ring is 1. The third-order valence-electron chi connectivity index (χ3n) is 3.28. The molecule has 0 amide bonds. The van der Waals surface area contributed by atoms with Crippen molar-refractivity contribution >= 4 is 17.4 Å². The van der Waals surface area contributed by atoms with E-state index in [4.69, 9.17) is 17.3 Å². The largest absolute Gasteiger partial charge is 0.412 e. The second-order valence-electron chi connectivity index (χ2n) is 8.29. The fourth-order valence-electron chi connectivity index (χ4n) is 1.79. The Morgan fingerprint density at radius 3 is 1.57 bits per heavy atom. The molecule has 28 heavy (non-hydrogen) atoms. The molecule has 0 saturated carbocycles. The van der Waals surface area contributed by atoms with Gasteiger partial charge in [-0.05, 0) is 64.8 Å². The molecule has 0 bridgehead atoms. The van der Waals surface area contributed by atoms with E-state index in [0.717, 1.165) is 24.2 Å². The summed E-state index contributed by atoms with van der Waals surface area (Å²) in [4.78, 5) is 8.02. The highest BCUT2D eigenvalue weighted by Crippen LogP contribution is 2.07. The van der Waals surface area contributed by atoms with E-state index in [1.54, 1.807) is 18.5 Å². The lowest BCUT2D eigenvalue weighted by Crippen LogP contribution is -2.35. The molecule has 0 unspecified atom stereocenters. The zero-order valence-corrected chi connectivity index (χ0v) is 18.7. The van der Waals surface area contributed by atoms with E-state index >= 15 is 0 Å². The Labute approximate surface area is 174 Å². The van der Waals surface area contributed by atoms with E-state index < -0.39 is 0 Å². The number of hydrogen-bond acceptors (Lipinski definition) is 6.